The Hall–Kier alpha value is -3.61. The van der Waals surface area contributed by atoms with Crippen molar-refractivity contribution in [1.82, 2.24) is 4.57 Å². The fraction of sp³-hybridized carbons (Fsp3) is 0.125. The maximum absolute atomic E-state index is 13.1. The molecule has 0 saturated carbocycles. The van der Waals surface area contributed by atoms with E-state index in [-0.39, 0.29) is 16.9 Å². The first-order chi connectivity index (χ1) is 14.5. The number of anilines is 2. The SMILES string of the molecule is CC(C)c1ccccc1-c1cn(C(=O)Nc2ccc(N(O)O)cc2)c2ccccc12. The van der Waals surface area contributed by atoms with Crippen LogP contribution in [0.25, 0.3) is 22.0 Å². The molecule has 6 heteroatoms. The molecule has 0 spiro atoms. The molecular weight excluding hydrogens is 378 g/mol. The highest BCUT2D eigenvalue weighted by Gasteiger charge is 2.17. The quantitative estimate of drug-likeness (QED) is 0.361. The minimum atomic E-state index is -0.294. The highest BCUT2D eigenvalue weighted by atomic mass is 16.8. The third-order valence-electron chi connectivity index (χ3n) is 5.15. The van der Waals surface area contributed by atoms with Crippen molar-refractivity contribution in [1.29, 1.82) is 0 Å². The van der Waals surface area contributed by atoms with Crippen molar-refractivity contribution < 1.29 is 15.2 Å². The van der Waals surface area contributed by atoms with E-state index >= 15 is 0 Å². The average molecular weight is 401 g/mol. The first kappa shape index (κ1) is 19.7. The predicted molar refractivity (Wildman–Crippen MR) is 118 cm³/mol. The molecule has 1 aromatic heterocycles. The lowest BCUT2D eigenvalue weighted by molar-refractivity contribution is 0.0292. The van der Waals surface area contributed by atoms with E-state index in [0.29, 0.717) is 11.6 Å². The molecule has 1 heterocycles. The van der Waals surface area contributed by atoms with Crippen LogP contribution in [0.2, 0.25) is 0 Å². The zero-order chi connectivity index (χ0) is 21.3. The molecule has 0 aliphatic rings. The van der Waals surface area contributed by atoms with Gasteiger partial charge in [0.25, 0.3) is 0 Å². The standard InChI is InChI=1S/C24H23N3O3/c1-16(2)19-7-3-4-8-20(19)22-15-26(23-10-6-5-9-21(22)23)24(28)25-17-11-13-18(14-12-17)27(29)30/h3-16,29-30H,1-2H3,(H,25,28). The van der Waals surface area contributed by atoms with Crippen molar-refractivity contribution in [2.75, 3.05) is 10.5 Å². The lowest BCUT2D eigenvalue weighted by atomic mass is 9.92. The van der Waals surface area contributed by atoms with Crippen molar-refractivity contribution in [3.05, 3.63) is 84.6 Å². The number of hydrogen-bond acceptors (Lipinski definition) is 4. The van der Waals surface area contributed by atoms with Crippen LogP contribution in [0, 0.1) is 0 Å². The van der Waals surface area contributed by atoms with Gasteiger partial charge in [0.05, 0.1) is 11.2 Å². The van der Waals surface area contributed by atoms with E-state index in [1.807, 2.05) is 42.6 Å². The van der Waals surface area contributed by atoms with E-state index in [0.717, 1.165) is 22.0 Å². The maximum Gasteiger partial charge on any atom is 0.330 e. The van der Waals surface area contributed by atoms with Crippen LogP contribution in [-0.4, -0.2) is 21.0 Å². The summed E-state index contributed by atoms with van der Waals surface area (Å²) >= 11 is 0. The van der Waals surface area contributed by atoms with Gasteiger partial charge in [-0.1, -0.05) is 56.3 Å². The molecule has 0 aliphatic heterocycles. The van der Waals surface area contributed by atoms with Crippen LogP contribution in [0.15, 0.2) is 79.0 Å². The number of carbonyl (C=O) groups is 1. The lowest BCUT2D eigenvalue weighted by Crippen LogP contribution is -2.18. The van der Waals surface area contributed by atoms with Crippen LogP contribution in [0.1, 0.15) is 25.3 Å². The number of amides is 1. The predicted octanol–water partition coefficient (Wildman–Crippen LogP) is 6.10. The van der Waals surface area contributed by atoms with E-state index in [2.05, 4.69) is 31.3 Å². The summed E-state index contributed by atoms with van der Waals surface area (Å²) in [7, 11) is 0. The van der Waals surface area contributed by atoms with Gasteiger partial charge in [-0.05, 0) is 47.4 Å². The van der Waals surface area contributed by atoms with Gasteiger partial charge in [-0.3, -0.25) is 15.0 Å². The number of hydrogen-bond donors (Lipinski definition) is 3. The fourth-order valence-corrected chi connectivity index (χ4v) is 3.67. The van der Waals surface area contributed by atoms with Crippen LogP contribution in [0.5, 0.6) is 0 Å². The summed E-state index contributed by atoms with van der Waals surface area (Å²) in [5, 5.41) is 22.0. The van der Waals surface area contributed by atoms with Gasteiger partial charge in [0.15, 0.2) is 0 Å². The Balaban J connectivity index is 1.75. The Bertz CT molecular complexity index is 1190. The first-order valence-corrected chi connectivity index (χ1v) is 9.74. The highest BCUT2D eigenvalue weighted by Crippen LogP contribution is 2.35. The van der Waals surface area contributed by atoms with E-state index in [9.17, 15) is 4.79 Å². The Morgan fingerprint density at radius 3 is 2.27 bits per heavy atom. The Morgan fingerprint density at radius 1 is 0.900 bits per heavy atom. The third-order valence-corrected chi connectivity index (χ3v) is 5.15. The van der Waals surface area contributed by atoms with E-state index in [4.69, 9.17) is 10.4 Å². The second kappa shape index (κ2) is 8.02. The number of benzene rings is 3. The molecule has 6 nitrogen and oxygen atoms in total. The summed E-state index contributed by atoms with van der Waals surface area (Å²) in [4.78, 5) is 13.1. The topological polar surface area (TPSA) is 77.7 Å². The minimum Gasteiger partial charge on any atom is -0.307 e. The molecule has 0 unspecified atom stereocenters. The Labute approximate surface area is 174 Å². The number of carbonyl (C=O) groups excluding carboxylic acids is 1. The van der Waals surface area contributed by atoms with E-state index < -0.39 is 0 Å². The average Bonchev–Trinajstić information content (AvgIpc) is 3.14. The molecule has 0 aliphatic carbocycles. The second-order valence-corrected chi connectivity index (χ2v) is 7.44. The largest absolute Gasteiger partial charge is 0.330 e. The van der Waals surface area contributed by atoms with Gasteiger partial charge in [0.2, 0.25) is 0 Å². The summed E-state index contributed by atoms with van der Waals surface area (Å²) in [6.07, 6.45) is 1.87. The summed E-state index contributed by atoms with van der Waals surface area (Å²) in [6.45, 7) is 4.32. The molecule has 3 N–H and O–H groups in total. The van der Waals surface area contributed by atoms with Gasteiger partial charge in [0, 0.05) is 22.8 Å². The van der Waals surface area contributed by atoms with Gasteiger partial charge in [-0.2, -0.15) is 0 Å². The van der Waals surface area contributed by atoms with Crippen molar-refractivity contribution in [3.63, 3.8) is 0 Å². The number of rotatable bonds is 4. The molecule has 4 rings (SSSR count). The normalized spacial score (nSPS) is 11.1. The summed E-state index contributed by atoms with van der Waals surface area (Å²) in [5.74, 6) is 0.355. The van der Waals surface area contributed by atoms with Gasteiger partial charge in [0.1, 0.15) is 0 Å². The molecule has 3 aromatic carbocycles. The van der Waals surface area contributed by atoms with E-state index in [1.54, 1.807) is 16.7 Å². The van der Waals surface area contributed by atoms with Crippen LogP contribution < -0.4 is 10.5 Å². The molecule has 0 fully saturated rings. The molecule has 4 aromatic rings. The minimum absolute atomic E-state index is 0.0313. The van der Waals surface area contributed by atoms with Crippen molar-refractivity contribution in [3.8, 4) is 11.1 Å². The highest BCUT2D eigenvalue weighted by molar-refractivity contribution is 6.05. The summed E-state index contributed by atoms with van der Waals surface area (Å²) < 4.78 is 1.61. The van der Waals surface area contributed by atoms with Crippen molar-refractivity contribution >= 4 is 28.3 Å². The van der Waals surface area contributed by atoms with Gasteiger partial charge in [-0.25, -0.2) is 4.79 Å². The van der Waals surface area contributed by atoms with Gasteiger partial charge < -0.3 is 5.32 Å². The van der Waals surface area contributed by atoms with Gasteiger partial charge >= 0.3 is 6.03 Å². The number of fused-ring (bicyclic) bond motifs is 1. The molecule has 0 saturated heterocycles. The Kier molecular flexibility index (Phi) is 5.27. The number of aromatic nitrogens is 1. The molecule has 30 heavy (non-hydrogen) atoms. The first-order valence-electron chi connectivity index (χ1n) is 9.74. The number of nitrogens with one attached hydrogen (secondary N) is 1. The molecule has 1 amide bonds. The zero-order valence-corrected chi connectivity index (χ0v) is 16.8. The van der Waals surface area contributed by atoms with Crippen LogP contribution in [0.3, 0.4) is 0 Å². The van der Waals surface area contributed by atoms with Crippen molar-refractivity contribution in [2.45, 2.75) is 19.8 Å². The number of para-hydroxylation sites is 1. The monoisotopic (exact) mass is 401 g/mol. The van der Waals surface area contributed by atoms with E-state index in [1.165, 1.54) is 17.7 Å². The third kappa shape index (κ3) is 3.66. The molecule has 0 atom stereocenters. The summed E-state index contributed by atoms with van der Waals surface area (Å²) in [6, 6.07) is 22.0. The number of nitrogens with zero attached hydrogens (tertiary/aromatic N) is 2. The summed E-state index contributed by atoms with van der Waals surface area (Å²) in [5.41, 5.74) is 4.92. The van der Waals surface area contributed by atoms with Crippen molar-refractivity contribution in [2.24, 2.45) is 0 Å². The fourth-order valence-electron chi connectivity index (χ4n) is 3.67. The molecular formula is C24H23N3O3. The zero-order valence-electron chi connectivity index (χ0n) is 16.8. The molecule has 152 valence electrons. The smallest absolute Gasteiger partial charge is 0.307 e. The van der Waals surface area contributed by atoms with Crippen LogP contribution in [-0.2, 0) is 0 Å². The maximum atomic E-state index is 13.1. The molecule has 0 radical (unpaired) electrons. The molecule has 0 bridgehead atoms. The lowest BCUT2D eigenvalue weighted by Gasteiger charge is -2.12. The van der Waals surface area contributed by atoms with Gasteiger partial charge in [-0.15, -0.1) is 5.23 Å². The van der Waals surface area contributed by atoms with Crippen LogP contribution in [0.4, 0.5) is 16.2 Å². The van der Waals surface area contributed by atoms with Crippen LogP contribution >= 0.6 is 0 Å². The second-order valence-electron chi connectivity index (χ2n) is 7.44. The Morgan fingerprint density at radius 2 is 1.57 bits per heavy atom.